The fraction of sp³-hybridized carbons (Fsp3) is 0.235. The van der Waals surface area contributed by atoms with Gasteiger partial charge in [-0.15, -0.1) is 23.5 Å². The zero-order valence-electron chi connectivity index (χ0n) is 12.5. The second kappa shape index (κ2) is 9.43. The molecule has 0 aromatic heterocycles. The molecule has 0 fully saturated rings. The van der Waals surface area contributed by atoms with Crippen molar-refractivity contribution in [2.45, 2.75) is 4.90 Å². The maximum absolute atomic E-state index is 11.9. The monoisotopic (exact) mass is 333 g/mol. The van der Waals surface area contributed by atoms with Gasteiger partial charge in [0.1, 0.15) is 5.75 Å². The van der Waals surface area contributed by atoms with Crippen molar-refractivity contribution in [3.05, 3.63) is 54.6 Å². The van der Waals surface area contributed by atoms with E-state index in [0.29, 0.717) is 12.4 Å². The van der Waals surface area contributed by atoms with Gasteiger partial charge in [0.15, 0.2) is 0 Å². The molecule has 0 saturated carbocycles. The Balaban J connectivity index is 1.63. The van der Waals surface area contributed by atoms with Gasteiger partial charge in [0.25, 0.3) is 0 Å². The Morgan fingerprint density at radius 1 is 1.14 bits per heavy atom. The van der Waals surface area contributed by atoms with Crippen molar-refractivity contribution in [3.8, 4) is 5.75 Å². The molecular weight excluding hydrogens is 314 g/mol. The van der Waals surface area contributed by atoms with Crippen molar-refractivity contribution in [3.63, 3.8) is 0 Å². The first kappa shape index (κ1) is 16.8. The Labute approximate surface area is 139 Å². The van der Waals surface area contributed by atoms with Crippen LogP contribution in [-0.4, -0.2) is 30.3 Å². The molecule has 0 atom stereocenters. The molecule has 22 heavy (non-hydrogen) atoms. The van der Waals surface area contributed by atoms with E-state index in [2.05, 4.69) is 5.32 Å². The van der Waals surface area contributed by atoms with Gasteiger partial charge in [0.2, 0.25) is 5.91 Å². The summed E-state index contributed by atoms with van der Waals surface area (Å²) in [6, 6.07) is 17.5. The largest absolute Gasteiger partial charge is 0.493 e. The van der Waals surface area contributed by atoms with Gasteiger partial charge in [0.05, 0.1) is 12.4 Å². The van der Waals surface area contributed by atoms with Crippen molar-refractivity contribution in [1.29, 1.82) is 0 Å². The van der Waals surface area contributed by atoms with Crippen LogP contribution in [0.1, 0.15) is 0 Å². The molecule has 116 valence electrons. The van der Waals surface area contributed by atoms with Crippen LogP contribution in [0.25, 0.3) is 0 Å². The molecule has 1 N–H and O–H groups in total. The third kappa shape index (κ3) is 6.03. The third-order valence-corrected chi connectivity index (χ3v) is 4.47. The van der Waals surface area contributed by atoms with Gasteiger partial charge < -0.3 is 10.1 Å². The van der Waals surface area contributed by atoms with Crippen LogP contribution in [0.2, 0.25) is 0 Å². The van der Waals surface area contributed by atoms with E-state index in [9.17, 15) is 4.79 Å². The maximum atomic E-state index is 11.9. The van der Waals surface area contributed by atoms with Crippen LogP contribution < -0.4 is 10.1 Å². The van der Waals surface area contributed by atoms with Crippen molar-refractivity contribution in [2.75, 3.05) is 29.7 Å². The minimum Gasteiger partial charge on any atom is -0.493 e. The Morgan fingerprint density at radius 3 is 2.73 bits per heavy atom. The van der Waals surface area contributed by atoms with Crippen molar-refractivity contribution in [2.24, 2.45) is 0 Å². The molecule has 3 nitrogen and oxygen atoms in total. The Kier molecular flexibility index (Phi) is 7.19. The van der Waals surface area contributed by atoms with E-state index in [4.69, 9.17) is 4.74 Å². The van der Waals surface area contributed by atoms with Crippen LogP contribution >= 0.6 is 23.5 Å². The van der Waals surface area contributed by atoms with Crippen LogP contribution in [0.4, 0.5) is 5.69 Å². The Morgan fingerprint density at radius 2 is 1.95 bits per heavy atom. The Bertz CT molecular complexity index is 590. The number of ether oxygens (including phenoxy) is 1. The number of carbonyl (C=O) groups is 1. The minimum atomic E-state index is 0.0166. The lowest BCUT2D eigenvalue weighted by Crippen LogP contribution is -2.15. The normalized spacial score (nSPS) is 10.2. The average Bonchev–Trinajstić information content (AvgIpc) is 2.55. The summed E-state index contributed by atoms with van der Waals surface area (Å²) in [7, 11) is 0. The quantitative estimate of drug-likeness (QED) is 0.581. The predicted octanol–water partition coefficient (Wildman–Crippen LogP) is 4.16. The predicted molar refractivity (Wildman–Crippen MR) is 96.1 cm³/mol. The topological polar surface area (TPSA) is 38.3 Å². The van der Waals surface area contributed by atoms with E-state index < -0.39 is 0 Å². The molecule has 2 rings (SSSR count). The van der Waals surface area contributed by atoms with Crippen LogP contribution in [0.5, 0.6) is 5.75 Å². The van der Waals surface area contributed by atoms with Crippen LogP contribution in [0.15, 0.2) is 59.5 Å². The molecule has 5 heteroatoms. The zero-order chi connectivity index (χ0) is 15.6. The summed E-state index contributed by atoms with van der Waals surface area (Å²) in [5.74, 6) is 2.10. The first-order valence-electron chi connectivity index (χ1n) is 6.97. The number of hydrogen-bond acceptors (Lipinski definition) is 4. The number of thioether (sulfide) groups is 2. The molecule has 0 aliphatic rings. The molecule has 0 saturated heterocycles. The number of carbonyl (C=O) groups excluding carboxylic acids is 1. The third-order valence-electron chi connectivity index (χ3n) is 2.83. The van der Waals surface area contributed by atoms with E-state index in [1.54, 1.807) is 23.5 Å². The number of para-hydroxylation sites is 1. The molecule has 2 aromatic carbocycles. The molecule has 1 amide bonds. The SMILES string of the molecule is CSc1cccc(NC(=O)CSCCOc2ccccc2)c1. The van der Waals surface area contributed by atoms with E-state index in [0.717, 1.165) is 22.1 Å². The Hall–Kier alpha value is -1.59. The fourth-order valence-electron chi connectivity index (χ4n) is 1.80. The van der Waals surface area contributed by atoms with E-state index >= 15 is 0 Å². The number of amides is 1. The lowest BCUT2D eigenvalue weighted by Gasteiger charge is -2.07. The highest BCUT2D eigenvalue weighted by Crippen LogP contribution is 2.19. The van der Waals surface area contributed by atoms with Gasteiger partial charge >= 0.3 is 0 Å². The highest BCUT2D eigenvalue weighted by molar-refractivity contribution is 8.00. The lowest BCUT2D eigenvalue weighted by molar-refractivity contribution is -0.113. The molecule has 2 aromatic rings. The fourth-order valence-corrected chi connectivity index (χ4v) is 2.86. The lowest BCUT2D eigenvalue weighted by atomic mass is 10.3. The minimum absolute atomic E-state index is 0.0166. The molecular formula is C17H19NO2S2. The first-order chi connectivity index (χ1) is 10.8. The molecule has 0 unspecified atom stereocenters. The smallest absolute Gasteiger partial charge is 0.234 e. The van der Waals surface area contributed by atoms with E-state index in [-0.39, 0.29) is 5.91 Å². The van der Waals surface area contributed by atoms with Gasteiger partial charge in [-0.3, -0.25) is 4.79 Å². The zero-order valence-corrected chi connectivity index (χ0v) is 14.1. The molecule has 0 aliphatic heterocycles. The average molecular weight is 333 g/mol. The van der Waals surface area contributed by atoms with Gasteiger partial charge in [-0.1, -0.05) is 24.3 Å². The van der Waals surface area contributed by atoms with Crippen LogP contribution in [0, 0.1) is 0 Å². The number of anilines is 1. The molecule has 0 spiro atoms. The number of nitrogens with one attached hydrogen (secondary N) is 1. The summed E-state index contributed by atoms with van der Waals surface area (Å²) in [6.07, 6.45) is 2.02. The second-order valence-electron chi connectivity index (χ2n) is 4.49. The standard InChI is InChI=1S/C17H19NO2S2/c1-21-16-9-5-6-14(12-16)18-17(19)13-22-11-10-20-15-7-3-2-4-8-15/h2-9,12H,10-11,13H2,1H3,(H,18,19). The van der Waals surface area contributed by atoms with Gasteiger partial charge in [-0.25, -0.2) is 0 Å². The highest BCUT2D eigenvalue weighted by Gasteiger charge is 2.03. The summed E-state index contributed by atoms with van der Waals surface area (Å²) in [6.45, 7) is 0.601. The first-order valence-corrected chi connectivity index (χ1v) is 9.35. The summed E-state index contributed by atoms with van der Waals surface area (Å²) < 4.78 is 5.58. The second-order valence-corrected chi connectivity index (χ2v) is 6.48. The summed E-state index contributed by atoms with van der Waals surface area (Å²) in [4.78, 5) is 13.0. The highest BCUT2D eigenvalue weighted by atomic mass is 32.2. The van der Waals surface area contributed by atoms with Crippen molar-refractivity contribution in [1.82, 2.24) is 0 Å². The van der Waals surface area contributed by atoms with Crippen LogP contribution in [-0.2, 0) is 4.79 Å². The molecule has 0 bridgehead atoms. The van der Waals surface area contributed by atoms with Crippen LogP contribution in [0.3, 0.4) is 0 Å². The molecule has 0 aliphatic carbocycles. The van der Waals surface area contributed by atoms with Crippen molar-refractivity contribution < 1.29 is 9.53 Å². The van der Waals surface area contributed by atoms with E-state index in [1.807, 2.05) is 60.9 Å². The summed E-state index contributed by atoms with van der Waals surface area (Å²) in [5.41, 5.74) is 0.845. The number of hydrogen-bond donors (Lipinski definition) is 1. The number of benzene rings is 2. The maximum Gasteiger partial charge on any atom is 0.234 e. The summed E-state index contributed by atoms with van der Waals surface area (Å²) in [5, 5.41) is 2.91. The van der Waals surface area contributed by atoms with Gasteiger partial charge in [-0.05, 0) is 36.6 Å². The van der Waals surface area contributed by atoms with E-state index in [1.165, 1.54) is 0 Å². The van der Waals surface area contributed by atoms with Gasteiger partial charge in [0, 0.05) is 16.3 Å². The van der Waals surface area contributed by atoms with Gasteiger partial charge in [-0.2, -0.15) is 0 Å². The molecule has 0 radical (unpaired) electrons. The molecule has 0 heterocycles. The summed E-state index contributed by atoms with van der Waals surface area (Å²) >= 11 is 3.23. The number of rotatable bonds is 8. The van der Waals surface area contributed by atoms with Crippen molar-refractivity contribution >= 4 is 35.1 Å².